The molecule has 1 atom stereocenters. The maximum absolute atomic E-state index is 14.0. The van der Waals surface area contributed by atoms with E-state index in [-0.39, 0.29) is 29.3 Å². The van der Waals surface area contributed by atoms with Gasteiger partial charge < -0.3 is 9.80 Å². The minimum Gasteiger partial charge on any atom is -0.317 e. The molecule has 0 radical (unpaired) electrons. The van der Waals surface area contributed by atoms with E-state index in [1.165, 1.54) is 55.2 Å². The van der Waals surface area contributed by atoms with Crippen molar-refractivity contribution in [3.8, 4) is 0 Å². The second kappa shape index (κ2) is 16.8. The van der Waals surface area contributed by atoms with Crippen molar-refractivity contribution in [1.82, 2.24) is 9.80 Å². The molecule has 45 heavy (non-hydrogen) atoms. The van der Waals surface area contributed by atoms with E-state index in [2.05, 4.69) is 94.2 Å². The van der Waals surface area contributed by atoms with E-state index in [0.717, 1.165) is 64.5 Å². The molecule has 0 bridgehead atoms. The molecule has 1 saturated heterocycles. The molecule has 4 nitrogen and oxygen atoms in total. The Morgan fingerprint density at radius 3 is 2.36 bits per heavy atom. The number of rotatable bonds is 17. The number of carbonyl (C=O) groups is 2. The number of carbonyl (C=O) groups excluding carboxylic acids is 2. The summed E-state index contributed by atoms with van der Waals surface area (Å²) in [5, 5.41) is 0. The third-order valence-electron chi connectivity index (χ3n) is 11.4. The Balaban J connectivity index is 1.36. The van der Waals surface area contributed by atoms with Gasteiger partial charge in [-0.15, -0.1) is 0 Å². The SMILES string of the molecule is CCC/C=C/C=C(C)\C=C(/C)CCCCC(=O)CN1C[C@]2(CC[C@](c3ccccc3)(C(C)CCC)CC2)N(CC2CCC2)C1=O. The topological polar surface area (TPSA) is 40.6 Å². The monoisotopic (exact) mass is 614 g/mol. The Bertz CT molecular complexity index is 1180. The Hall–Kier alpha value is -2.62. The summed E-state index contributed by atoms with van der Waals surface area (Å²) in [5.41, 5.74) is 4.15. The fraction of sp³-hybridized carbons (Fsp3) is 0.659. The van der Waals surface area contributed by atoms with Gasteiger partial charge >= 0.3 is 6.03 Å². The number of hydrogen-bond acceptors (Lipinski definition) is 2. The molecule has 1 heterocycles. The lowest BCUT2D eigenvalue weighted by atomic mass is 9.58. The molecule has 4 heteroatoms. The lowest BCUT2D eigenvalue weighted by molar-refractivity contribution is -0.119. The maximum Gasteiger partial charge on any atom is 0.321 e. The van der Waals surface area contributed by atoms with Crippen molar-refractivity contribution in [1.29, 1.82) is 0 Å². The molecule has 4 rings (SSSR count). The summed E-state index contributed by atoms with van der Waals surface area (Å²) in [6.07, 6.45) is 25.1. The van der Waals surface area contributed by atoms with Gasteiger partial charge in [0.25, 0.3) is 0 Å². The first-order chi connectivity index (χ1) is 21.7. The molecule has 248 valence electrons. The van der Waals surface area contributed by atoms with Crippen LogP contribution in [-0.4, -0.2) is 46.8 Å². The van der Waals surface area contributed by atoms with Gasteiger partial charge in [-0.25, -0.2) is 4.79 Å². The first kappa shape index (κ1) is 35.2. The minimum atomic E-state index is -0.129. The van der Waals surface area contributed by atoms with Crippen LogP contribution in [0, 0.1) is 11.8 Å². The second-order valence-corrected chi connectivity index (χ2v) is 14.8. The molecule has 1 spiro atoms. The van der Waals surface area contributed by atoms with Gasteiger partial charge in [-0.05, 0) is 101 Å². The molecule has 0 N–H and O–H groups in total. The zero-order valence-electron chi connectivity index (χ0n) is 29.3. The number of Topliss-reactive ketones (excluding diaryl/α,β-unsaturated/α-hetero) is 1. The number of benzene rings is 1. The van der Waals surface area contributed by atoms with Crippen LogP contribution in [-0.2, 0) is 10.2 Å². The van der Waals surface area contributed by atoms with Gasteiger partial charge in [-0.2, -0.15) is 0 Å². The van der Waals surface area contributed by atoms with Gasteiger partial charge in [0.15, 0.2) is 5.78 Å². The molecule has 2 amide bonds. The summed E-state index contributed by atoms with van der Waals surface area (Å²) in [6, 6.07) is 11.3. The zero-order valence-corrected chi connectivity index (χ0v) is 29.3. The highest BCUT2D eigenvalue weighted by atomic mass is 16.2. The molecule has 1 aromatic carbocycles. The van der Waals surface area contributed by atoms with Crippen LogP contribution in [0.3, 0.4) is 0 Å². The van der Waals surface area contributed by atoms with Crippen molar-refractivity contribution in [3.05, 3.63) is 71.3 Å². The molecule has 1 aliphatic heterocycles. The summed E-state index contributed by atoms with van der Waals surface area (Å²) >= 11 is 0. The van der Waals surface area contributed by atoms with Gasteiger partial charge in [0.05, 0.1) is 12.1 Å². The number of urea groups is 1. The molecule has 1 aromatic rings. The van der Waals surface area contributed by atoms with Crippen LogP contribution in [0.1, 0.15) is 136 Å². The van der Waals surface area contributed by atoms with Crippen LogP contribution < -0.4 is 0 Å². The third-order valence-corrected chi connectivity index (χ3v) is 11.4. The van der Waals surface area contributed by atoms with Crippen LogP contribution in [0.4, 0.5) is 4.79 Å². The standard InChI is InChI=1S/C41H62N2O2/c1-6-8-9-11-18-33(3)29-34(4)19-14-15-24-38(44)31-42-32-40(43(39(42)45)30-36-20-16-21-36)25-27-41(28-26-40,35(5)17-7-2)37-22-12-10-13-23-37/h9-13,18,22-23,29,35-36H,6-8,14-17,19-21,24-28,30-32H2,1-5H3/b11-9+,33-18-,34-29+/t35?,40-,41-. The van der Waals surface area contributed by atoms with Gasteiger partial charge in [0.2, 0.25) is 0 Å². The molecule has 3 fully saturated rings. The normalized spacial score (nSPS) is 25.4. The lowest BCUT2D eigenvalue weighted by Crippen LogP contribution is -2.55. The average molecular weight is 615 g/mol. The van der Waals surface area contributed by atoms with Crippen LogP contribution in [0.15, 0.2) is 65.8 Å². The van der Waals surface area contributed by atoms with Gasteiger partial charge in [-0.3, -0.25) is 4.79 Å². The molecule has 0 aromatic heterocycles. The third kappa shape index (κ3) is 9.01. The van der Waals surface area contributed by atoms with E-state index in [1.807, 2.05) is 4.90 Å². The van der Waals surface area contributed by atoms with E-state index in [4.69, 9.17) is 0 Å². The summed E-state index contributed by atoms with van der Waals surface area (Å²) < 4.78 is 0. The van der Waals surface area contributed by atoms with Crippen LogP contribution >= 0.6 is 0 Å². The summed E-state index contributed by atoms with van der Waals surface area (Å²) in [6.45, 7) is 13.2. The summed E-state index contributed by atoms with van der Waals surface area (Å²) in [7, 11) is 0. The van der Waals surface area contributed by atoms with Crippen molar-refractivity contribution in [2.24, 2.45) is 11.8 Å². The Morgan fingerprint density at radius 2 is 1.71 bits per heavy atom. The molecular formula is C41H62N2O2. The fourth-order valence-corrected chi connectivity index (χ4v) is 8.36. The van der Waals surface area contributed by atoms with Gasteiger partial charge in [-0.1, -0.05) is 112 Å². The van der Waals surface area contributed by atoms with Crippen LogP contribution in [0.5, 0.6) is 0 Å². The van der Waals surface area contributed by atoms with Crippen molar-refractivity contribution in [2.45, 2.75) is 142 Å². The summed E-state index contributed by atoms with van der Waals surface area (Å²) in [5.74, 6) is 1.45. The highest BCUT2D eigenvalue weighted by Crippen LogP contribution is 2.52. The largest absolute Gasteiger partial charge is 0.321 e. The van der Waals surface area contributed by atoms with Crippen molar-refractivity contribution in [2.75, 3.05) is 19.6 Å². The number of amides is 2. The molecule has 3 aliphatic rings. The van der Waals surface area contributed by atoms with Crippen molar-refractivity contribution < 1.29 is 9.59 Å². The molecule has 1 unspecified atom stereocenters. The second-order valence-electron chi connectivity index (χ2n) is 14.8. The number of hydrogen-bond donors (Lipinski definition) is 0. The van der Waals surface area contributed by atoms with E-state index < -0.39 is 0 Å². The van der Waals surface area contributed by atoms with Crippen LogP contribution in [0.25, 0.3) is 0 Å². The number of allylic oxidation sites excluding steroid dienone is 6. The first-order valence-electron chi connectivity index (χ1n) is 18.4. The minimum absolute atomic E-state index is 0.123. The Labute approximate surface area is 275 Å². The predicted octanol–water partition coefficient (Wildman–Crippen LogP) is 10.6. The smallest absolute Gasteiger partial charge is 0.317 e. The Morgan fingerprint density at radius 1 is 1.00 bits per heavy atom. The van der Waals surface area contributed by atoms with Crippen LogP contribution in [0.2, 0.25) is 0 Å². The van der Waals surface area contributed by atoms with Crippen molar-refractivity contribution >= 4 is 11.8 Å². The number of ketones is 1. The molecule has 2 saturated carbocycles. The predicted molar refractivity (Wildman–Crippen MR) is 189 cm³/mol. The number of nitrogens with zero attached hydrogens (tertiary/aromatic N) is 2. The highest BCUT2D eigenvalue weighted by Gasteiger charge is 2.55. The fourth-order valence-electron chi connectivity index (χ4n) is 8.36. The zero-order chi connectivity index (χ0) is 32.3. The molecular weight excluding hydrogens is 552 g/mol. The maximum atomic E-state index is 14.0. The van der Waals surface area contributed by atoms with E-state index in [9.17, 15) is 9.59 Å². The van der Waals surface area contributed by atoms with E-state index in [1.54, 1.807) is 0 Å². The quantitative estimate of drug-likeness (QED) is 0.129. The summed E-state index contributed by atoms with van der Waals surface area (Å²) in [4.78, 5) is 31.4. The van der Waals surface area contributed by atoms with Crippen molar-refractivity contribution in [3.63, 3.8) is 0 Å². The van der Waals surface area contributed by atoms with E-state index in [0.29, 0.717) is 18.3 Å². The number of unbranched alkanes of at least 4 members (excludes halogenated alkanes) is 2. The van der Waals surface area contributed by atoms with Gasteiger partial charge in [0, 0.05) is 19.5 Å². The highest BCUT2D eigenvalue weighted by molar-refractivity contribution is 5.87. The first-order valence-corrected chi connectivity index (χ1v) is 18.4. The van der Waals surface area contributed by atoms with Gasteiger partial charge in [0.1, 0.15) is 0 Å². The van der Waals surface area contributed by atoms with E-state index >= 15 is 0 Å². The lowest BCUT2D eigenvalue weighted by Gasteiger charge is -2.51. The molecule has 2 aliphatic carbocycles. The Kier molecular flexibility index (Phi) is 13.2. The average Bonchev–Trinajstić information content (AvgIpc) is 3.25.